The maximum atomic E-state index is 6.46. The summed E-state index contributed by atoms with van der Waals surface area (Å²) in [6.45, 7) is 0. The summed E-state index contributed by atoms with van der Waals surface area (Å²) >= 11 is 0. The van der Waals surface area contributed by atoms with E-state index >= 15 is 0 Å². The molecular formula is C54H37NOSi. The molecule has 0 N–H and O–H groups in total. The molecule has 0 amide bonds. The summed E-state index contributed by atoms with van der Waals surface area (Å²) < 4.78 is 6.46. The Kier molecular flexibility index (Phi) is 7.87. The van der Waals surface area contributed by atoms with Crippen LogP contribution in [0.3, 0.4) is 0 Å². The number of benzene rings is 10. The molecule has 0 unspecified atom stereocenters. The molecule has 0 bridgehead atoms. The van der Waals surface area contributed by atoms with Gasteiger partial charge in [-0.1, -0.05) is 170 Å². The first-order valence-electron chi connectivity index (χ1n) is 19.6. The second-order valence-electron chi connectivity index (χ2n) is 14.9. The fourth-order valence-corrected chi connectivity index (χ4v) is 13.9. The van der Waals surface area contributed by atoms with Crippen LogP contribution in [0.5, 0.6) is 0 Å². The van der Waals surface area contributed by atoms with Crippen molar-refractivity contribution in [3.8, 4) is 0 Å². The Labute approximate surface area is 332 Å². The number of rotatable bonds is 7. The van der Waals surface area contributed by atoms with E-state index in [1.807, 2.05) is 6.07 Å². The van der Waals surface area contributed by atoms with Crippen LogP contribution in [0.2, 0.25) is 0 Å². The zero-order chi connectivity index (χ0) is 37.8. The van der Waals surface area contributed by atoms with Gasteiger partial charge in [-0.05, 0) is 102 Å². The van der Waals surface area contributed by atoms with Crippen LogP contribution in [0.1, 0.15) is 0 Å². The molecule has 11 rings (SSSR count). The molecule has 268 valence electrons. The number of hydrogen-bond donors (Lipinski definition) is 0. The van der Waals surface area contributed by atoms with Gasteiger partial charge < -0.3 is 9.32 Å². The standard InChI is InChI=1S/C54H37NOSi/c1-4-15-44(16-5-1)57(45-17-6-2-7-18-45,46-19-8-3-9-20-46)47-31-27-41(28-32-47)55(42-29-34-49-39(36-42)25-24-38-14-10-11-21-48(38)49)43-30-35-50-40(37-43)26-33-52-51-22-12-13-23-53(51)56-54(50)52/h1-37H. The first-order valence-corrected chi connectivity index (χ1v) is 21.6. The van der Waals surface area contributed by atoms with Gasteiger partial charge in [0.1, 0.15) is 11.2 Å². The Hall–Kier alpha value is -7.20. The molecule has 1 aromatic heterocycles. The van der Waals surface area contributed by atoms with Gasteiger partial charge in [0.15, 0.2) is 8.07 Å². The first kappa shape index (κ1) is 33.2. The minimum Gasteiger partial charge on any atom is -0.455 e. The van der Waals surface area contributed by atoms with E-state index in [1.54, 1.807) is 0 Å². The maximum Gasteiger partial charge on any atom is 0.179 e. The van der Waals surface area contributed by atoms with Crippen LogP contribution >= 0.6 is 0 Å². The van der Waals surface area contributed by atoms with Crippen LogP contribution in [-0.2, 0) is 0 Å². The summed E-state index contributed by atoms with van der Waals surface area (Å²) in [5, 5.41) is 14.9. The number of anilines is 3. The summed E-state index contributed by atoms with van der Waals surface area (Å²) in [4.78, 5) is 2.40. The maximum absolute atomic E-state index is 6.46. The van der Waals surface area contributed by atoms with Crippen molar-refractivity contribution in [2.24, 2.45) is 0 Å². The van der Waals surface area contributed by atoms with Crippen LogP contribution in [0.15, 0.2) is 229 Å². The SMILES string of the molecule is c1ccc([Si](c2ccccc2)(c2ccccc2)c2ccc(N(c3ccc4c(ccc5ccccc54)c3)c3ccc4c(ccc5c6ccccc6oc45)c3)cc2)cc1. The van der Waals surface area contributed by atoms with E-state index in [-0.39, 0.29) is 0 Å². The lowest BCUT2D eigenvalue weighted by Crippen LogP contribution is -2.74. The second kappa shape index (κ2) is 13.5. The third-order valence-electron chi connectivity index (χ3n) is 11.8. The van der Waals surface area contributed by atoms with Crippen molar-refractivity contribution in [1.29, 1.82) is 0 Å². The topological polar surface area (TPSA) is 16.4 Å². The van der Waals surface area contributed by atoms with Gasteiger partial charge in [0, 0.05) is 33.2 Å². The van der Waals surface area contributed by atoms with E-state index < -0.39 is 8.07 Å². The fourth-order valence-electron chi connectivity index (χ4n) is 9.15. The first-order chi connectivity index (χ1) is 28.3. The summed E-state index contributed by atoms with van der Waals surface area (Å²) in [5.74, 6) is 0. The van der Waals surface area contributed by atoms with Crippen molar-refractivity contribution in [1.82, 2.24) is 0 Å². The molecule has 3 heteroatoms. The van der Waals surface area contributed by atoms with Gasteiger partial charge in [0.2, 0.25) is 0 Å². The summed E-state index contributed by atoms with van der Waals surface area (Å²) in [5.41, 5.74) is 5.13. The Morgan fingerprint density at radius 3 is 1.39 bits per heavy atom. The third kappa shape index (κ3) is 5.39. The molecule has 0 atom stereocenters. The van der Waals surface area contributed by atoms with Crippen molar-refractivity contribution in [2.45, 2.75) is 0 Å². The number of nitrogens with zero attached hydrogens (tertiary/aromatic N) is 1. The molecule has 2 nitrogen and oxygen atoms in total. The number of furan rings is 1. The molecule has 11 aromatic rings. The number of para-hydroxylation sites is 1. The highest BCUT2D eigenvalue weighted by Gasteiger charge is 2.41. The van der Waals surface area contributed by atoms with Gasteiger partial charge in [0.05, 0.1) is 0 Å². The normalized spacial score (nSPS) is 11.9. The fraction of sp³-hybridized carbons (Fsp3) is 0. The monoisotopic (exact) mass is 743 g/mol. The smallest absolute Gasteiger partial charge is 0.179 e. The molecule has 0 aliphatic rings. The lowest BCUT2D eigenvalue weighted by molar-refractivity contribution is 0.672. The zero-order valence-corrected chi connectivity index (χ0v) is 32.2. The average molecular weight is 744 g/mol. The van der Waals surface area contributed by atoms with Gasteiger partial charge in [-0.2, -0.15) is 0 Å². The number of fused-ring (bicyclic) bond motifs is 8. The van der Waals surface area contributed by atoms with Gasteiger partial charge in [-0.15, -0.1) is 0 Å². The van der Waals surface area contributed by atoms with Gasteiger partial charge >= 0.3 is 0 Å². The van der Waals surface area contributed by atoms with Crippen LogP contribution in [-0.4, -0.2) is 8.07 Å². The van der Waals surface area contributed by atoms with E-state index in [1.165, 1.54) is 42.3 Å². The Morgan fingerprint density at radius 2 is 0.737 bits per heavy atom. The van der Waals surface area contributed by atoms with E-state index in [2.05, 4.69) is 223 Å². The van der Waals surface area contributed by atoms with E-state index in [9.17, 15) is 0 Å². The van der Waals surface area contributed by atoms with Gasteiger partial charge in [-0.25, -0.2) is 0 Å². The summed E-state index contributed by atoms with van der Waals surface area (Å²) in [6, 6.07) is 82.3. The van der Waals surface area contributed by atoms with Crippen molar-refractivity contribution < 1.29 is 4.42 Å². The van der Waals surface area contributed by atoms with Crippen LogP contribution in [0.25, 0.3) is 54.3 Å². The highest BCUT2D eigenvalue weighted by atomic mass is 28.3. The van der Waals surface area contributed by atoms with Crippen molar-refractivity contribution >= 4 is 100 Å². The van der Waals surface area contributed by atoms with Crippen molar-refractivity contribution in [3.05, 3.63) is 224 Å². The molecule has 0 aliphatic heterocycles. The molecule has 0 aliphatic carbocycles. The van der Waals surface area contributed by atoms with E-state index in [4.69, 9.17) is 4.42 Å². The molecule has 0 saturated carbocycles. The van der Waals surface area contributed by atoms with Crippen molar-refractivity contribution in [3.63, 3.8) is 0 Å². The average Bonchev–Trinajstić information content (AvgIpc) is 3.67. The predicted octanol–water partition coefficient (Wildman–Crippen LogP) is 11.9. The minimum atomic E-state index is -2.68. The zero-order valence-electron chi connectivity index (χ0n) is 31.2. The van der Waals surface area contributed by atoms with Crippen LogP contribution < -0.4 is 25.6 Å². The highest BCUT2D eigenvalue weighted by molar-refractivity contribution is 7.19. The lowest BCUT2D eigenvalue weighted by atomic mass is 10.0. The van der Waals surface area contributed by atoms with Crippen LogP contribution in [0.4, 0.5) is 17.1 Å². The Balaban J connectivity index is 1.11. The third-order valence-corrected chi connectivity index (χ3v) is 16.6. The molecular weight excluding hydrogens is 707 g/mol. The summed E-state index contributed by atoms with van der Waals surface area (Å²) in [6.07, 6.45) is 0. The minimum absolute atomic E-state index is 0.913. The van der Waals surface area contributed by atoms with Crippen molar-refractivity contribution in [2.75, 3.05) is 4.90 Å². The van der Waals surface area contributed by atoms with Gasteiger partial charge in [-0.3, -0.25) is 0 Å². The molecule has 57 heavy (non-hydrogen) atoms. The predicted molar refractivity (Wildman–Crippen MR) is 245 cm³/mol. The quantitative estimate of drug-likeness (QED) is 0.0918. The Bertz CT molecular complexity index is 3130. The molecule has 0 spiro atoms. The second-order valence-corrected chi connectivity index (χ2v) is 18.7. The highest BCUT2D eigenvalue weighted by Crippen LogP contribution is 2.40. The van der Waals surface area contributed by atoms with E-state index in [0.29, 0.717) is 0 Å². The Morgan fingerprint density at radius 1 is 0.298 bits per heavy atom. The largest absolute Gasteiger partial charge is 0.455 e. The van der Waals surface area contributed by atoms with E-state index in [0.717, 1.165) is 49.8 Å². The number of hydrogen-bond acceptors (Lipinski definition) is 2. The molecule has 10 aromatic carbocycles. The molecule has 0 saturated heterocycles. The lowest BCUT2D eigenvalue weighted by Gasteiger charge is -2.35. The molecule has 0 radical (unpaired) electrons. The molecule has 0 fully saturated rings. The van der Waals surface area contributed by atoms with Gasteiger partial charge in [0.25, 0.3) is 0 Å². The summed E-state index contributed by atoms with van der Waals surface area (Å²) in [7, 11) is -2.68. The molecule has 1 heterocycles. The van der Waals surface area contributed by atoms with Crippen LogP contribution in [0, 0.1) is 0 Å².